The molecule has 1 heteroatoms. The van der Waals surface area contributed by atoms with Gasteiger partial charge in [-0.15, -0.1) is 6.58 Å². The van der Waals surface area contributed by atoms with E-state index in [4.69, 9.17) is 0 Å². The Balaban J connectivity index is 2.08. The molecule has 0 aliphatic carbocycles. The fourth-order valence-electron chi connectivity index (χ4n) is 3.10. The van der Waals surface area contributed by atoms with Crippen LogP contribution in [-0.4, -0.2) is 17.0 Å². The van der Waals surface area contributed by atoms with Gasteiger partial charge in [-0.3, -0.25) is 4.90 Å². The Morgan fingerprint density at radius 2 is 2.11 bits per heavy atom. The minimum absolute atomic E-state index is 0.256. The minimum atomic E-state index is 0.256. The first-order valence-electron chi connectivity index (χ1n) is 7.23. The molecule has 0 saturated carbocycles. The summed E-state index contributed by atoms with van der Waals surface area (Å²) in [6, 6.07) is 10.8. The van der Waals surface area contributed by atoms with Crippen molar-refractivity contribution in [1.29, 1.82) is 0 Å². The van der Waals surface area contributed by atoms with Crippen LogP contribution < -0.4 is 0 Å². The van der Waals surface area contributed by atoms with Gasteiger partial charge in [0.05, 0.1) is 0 Å². The van der Waals surface area contributed by atoms with Crippen LogP contribution in [0.5, 0.6) is 0 Å². The second-order valence-electron chi connectivity index (χ2n) is 5.42. The van der Waals surface area contributed by atoms with Crippen LogP contribution in [0, 0.1) is 0 Å². The maximum atomic E-state index is 4.12. The molecule has 1 saturated heterocycles. The summed E-state index contributed by atoms with van der Waals surface area (Å²) in [6.07, 6.45) is 8.64. The van der Waals surface area contributed by atoms with Crippen molar-refractivity contribution in [3.63, 3.8) is 0 Å². The molecule has 0 radical (unpaired) electrons. The van der Waals surface area contributed by atoms with Crippen molar-refractivity contribution in [1.82, 2.24) is 4.90 Å². The van der Waals surface area contributed by atoms with Gasteiger partial charge in [-0.05, 0) is 31.4 Å². The lowest BCUT2D eigenvalue weighted by atomic mass is 9.89. The predicted molar refractivity (Wildman–Crippen MR) is 78.5 cm³/mol. The second-order valence-corrected chi connectivity index (χ2v) is 5.42. The molecular formula is C17H25N. The quantitative estimate of drug-likeness (QED) is 0.669. The zero-order valence-corrected chi connectivity index (χ0v) is 11.6. The van der Waals surface area contributed by atoms with Gasteiger partial charge in [0, 0.05) is 12.1 Å². The monoisotopic (exact) mass is 243 g/mol. The normalized spacial score (nSPS) is 24.3. The average Bonchev–Trinajstić information content (AvgIpc) is 2.81. The molecule has 2 rings (SSSR count). The topological polar surface area (TPSA) is 3.24 Å². The summed E-state index contributed by atoms with van der Waals surface area (Å²) in [5, 5.41) is 0. The highest BCUT2D eigenvalue weighted by atomic mass is 15.2. The molecule has 1 aliphatic heterocycles. The Kier molecular flexibility index (Phi) is 4.60. The summed E-state index contributed by atoms with van der Waals surface area (Å²) in [7, 11) is 0. The average molecular weight is 243 g/mol. The van der Waals surface area contributed by atoms with Crippen molar-refractivity contribution in [3.8, 4) is 0 Å². The van der Waals surface area contributed by atoms with Gasteiger partial charge in [0.1, 0.15) is 0 Å². The minimum Gasteiger partial charge on any atom is -0.290 e. The number of benzene rings is 1. The molecule has 1 atom stereocenters. The lowest BCUT2D eigenvalue weighted by Crippen LogP contribution is -2.41. The number of rotatable bonds is 6. The van der Waals surface area contributed by atoms with Gasteiger partial charge in [-0.25, -0.2) is 0 Å². The van der Waals surface area contributed by atoms with E-state index in [-0.39, 0.29) is 5.54 Å². The summed E-state index contributed by atoms with van der Waals surface area (Å²) in [6.45, 7) is 8.67. The van der Waals surface area contributed by atoms with E-state index in [2.05, 4.69) is 54.8 Å². The van der Waals surface area contributed by atoms with Crippen molar-refractivity contribution < 1.29 is 0 Å². The van der Waals surface area contributed by atoms with Gasteiger partial charge in [0.15, 0.2) is 0 Å². The standard InChI is InChI=1S/C17H25N/c1-3-5-12-17(4-2)13-9-14-18(17)15-16-10-7-6-8-11-16/h4,6-8,10-11H,2-3,5,9,12-15H2,1H3. The molecule has 0 aromatic heterocycles. The van der Waals surface area contributed by atoms with Gasteiger partial charge < -0.3 is 0 Å². The number of hydrogen-bond donors (Lipinski definition) is 0. The van der Waals surface area contributed by atoms with E-state index in [9.17, 15) is 0 Å². The van der Waals surface area contributed by atoms with Crippen LogP contribution in [-0.2, 0) is 6.54 Å². The second kappa shape index (κ2) is 6.19. The maximum Gasteiger partial charge on any atom is 0.0392 e. The Bertz CT molecular complexity index is 370. The molecule has 1 nitrogen and oxygen atoms in total. The van der Waals surface area contributed by atoms with E-state index in [1.807, 2.05) is 0 Å². The largest absolute Gasteiger partial charge is 0.290 e. The van der Waals surface area contributed by atoms with Crippen LogP contribution in [0.15, 0.2) is 43.0 Å². The summed E-state index contributed by atoms with van der Waals surface area (Å²) in [5.41, 5.74) is 1.67. The van der Waals surface area contributed by atoms with E-state index >= 15 is 0 Å². The van der Waals surface area contributed by atoms with E-state index in [0.29, 0.717) is 0 Å². The Morgan fingerprint density at radius 1 is 1.33 bits per heavy atom. The zero-order chi connectivity index (χ0) is 12.8. The Morgan fingerprint density at radius 3 is 2.78 bits per heavy atom. The third-order valence-corrected chi connectivity index (χ3v) is 4.23. The number of unbranched alkanes of at least 4 members (excludes halogenated alkanes) is 1. The SMILES string of the molecule is C=CC1(CCCC)CCCN1Cc1ccccc1. The first-order chi connectivity index (χ1) is 8.80. The fraction of sp³-hybridized carbons (Fsp3) is 0.529. The molecule has 1 unspecified atom stereocenters. The van der Waals surface area contributed by atoms with E-state index in [0.717, 1.165) is 6.54 Å². The van der Waals surface area contributed by atoms with Crippen molar-refractivity contribution >= 4 is 0 Å². The molecule has 0 N–H and O–H groups in total. The van der Waals surface area contributed by atoms with Crippen molar-refractivity contribution in [2.45, 2.75) is 51.1 Å². The predicted octanol–water partition coefficient (Wildman–Crippen LogP) is 4.40. The van der Waals surface area contributed by atoms with Gasteiger partial charge in [-0.1, -0.05) is 56.2 Å². The highest BCUT2D eigenvalue weighted by Crippen LogP contribution is 2.36. The molecule has 1 aromatic rings. The molecule has 1 heterocycles. The lowest BCUT2D eigenvalue weighted by molar-refractivity contribution is 0.162. The van der Waals surface area contributed by atoms with Crippen LogP contribution in [0.1, 0.15) is 44.6 Å². The third-order valence-electron chi connectivity index (χ3n) is 4.23. The number of nitrogens with zero attached hydrogens (tertiary/aromatic N) is 1. The summed E-state index contributed by atoms with van der Waals surface area (Å²) in [4.78, 5) is 2.63. The van der Waals surface area contributed by atoms with Gasteiger partial charge >= 0.3 is 0 Å². The first kappa shape index (κ1) is 13.4. The lowest BCUT2D eigenvalue weighted by Gasteiger charge is -2.36. The van der Waals surface area contributed by atoms with Crippen LogP contribution in [0.4, 0.5) is 0 Å². The molecular weight excluding hydrogens is 218 g/mol. The molecule has 98 valence electrons. The summed E-state index contributed by atoms with van der Waals surface area (Å²) >= 11 is 0. The Hall–Kier alpha value is -1.08. The number of hydrogen-bond acceptors (Lipinski definition) is 1. The molecule has 1 fully saturated rings. The molecule has 0 amide bonds. The summed E-state index contributed by atoms with van der Waals surface area (Å²) in [5.74, 6) is 0. The smallest absolute Gasteiger partial charge is 0.0392 e. The van der Waals surface area contributed by atoms with Crippen LogP contribution in [0.25, 0.3) is 0 Å². The highest BCUT2D eigenvalue weighted by molar-refractivity contribution is 5.17. The van der Waals surface area contributed by atoms with E-state index in [1.165, 1.54) is 44.2 Å². The van der Waals surface area contributed by atoms with Gasteiger partial charge in [0.25, 0.3) is 0 Å². The van der Waals surface area contributed by atoms with Gasteiger partial charge in [-0.2, -0.15) is 0 Å². The first-order valence-corrected chi connectivity index (χ1v) is 7.23. The highest BCUT2D eigenvalue weighted by Gasteiger charge is 2.37. The molecule has 0 spiro atoms. The van der Waals surface area contributed by atoms with Crippen molar-refractivity contribution in [3.05, 3.63) is 48.6 Å². The Labute approximate surface area is 112 Å². The zero-order valence-electron chi connectivity index (χ0n) is 11.6. The number of likely N-dealkylation sites (tertiary alicyclic amines) is 1. The molecule has 1 aromatic carbocycles. The fourth-order valence-corrected chi connectivity index (χ4v) is 3.10. The van der Waals surface area contributed by atoms with Crippen LogP contribution in [0.2, 0.25) is 0 Å². The molecule has 0 bridgehead atoms. The van der Waals surface area contributed by atoms with Crippen LogP contribution >= 0.6 is 0 Å². The van der Waals surface area contributed by atoms with E-state index < -0.39 is 0 Å². The van der Waals surface area contributed by atoms with Crippen molar-refractivity contribution in [2.24, 2.45) is 0 Å². The van der Waals surface area contributed by atoms with Crippen molar-refractivity contribution in [2.75, 3.05) is 6.54 Å². The summed E-state index contributed by atoms with van der Waals surface area (Å²) < 4.78 is 0. The molecule has 1 aliphatic rings. The maximum absolute atomic E-state index is 4.12. The van der Waals surface area contributed by atoms with Crippen LogP contribution in [0.3, 0.4) is 0 Å². The molecule has 18 heavy (non-hydrogen) atoms. The van der Waals surface area contributed by atoms with E-state index in [1.54, 1.807) is 0 Å². The third kappa shape index (κ3) is 2.84. The van der Waals surface area contributed by atoms with Gasteiger partial charge in [0.2, 0.25) is 0 Å².